The predicted octanol–water partition coefficient (Wildman–Crippen LogP) is 5.50. The molecule has 0 bridgehead atoms. The third kappa shape index (κ3) is 5.05. The van der Waals surface area contributed by atoms with E-state index >= 15 is 0 Å². The number of aromatic nitrogens is 3. The van der Waals surface area contributed by atoms with Crippen molar-refractivity contribution in [3.05, 3.63) is 95.1 Å². The van der Waals surface area contributed by atoms with Gasteiger partial charge in [0.05, 0.1) is 11.5 Å². The Labute approximate surface area is 209 Å². The van der Waals surface area contributed by atoms with Crippen molar-refractivity contribution < 1.29 is 4.79 Å². The molecule has 0 aliphatic heterocycles. The van der Waals surface area contributed by atoms with Gasteiger partial charge in [-0.05, 0) is 62.4 Å². The molecule has 0 saturated heterocycles. The van der Waals surface area contributed by atoms with Crippen LogP contribution in [0.3, 0.4) is 0 Å². The first-order valence-corrected chi connectivity index (χ1v) is 12.7. The average molecular weight is 482 g/mol. The summed E-state index contributed by atoms with van der Waals surface area (Å²) in [6.07, 6.45) is 2.97. The highest BCUT2D eigenvalue weighted by molar-refractivity contribution is 7.99. The number of nitrogens with one attached hydrogen (secondary N) is 1. The summed E-state index contributed by atoms with van der Waals surface area (Å²) in [5.74, 6) is 0.767. The van der Waals surface area contributed by atoms with Crippen LogP contribution in [-0.4, -0.2) is 32.1 Å². The predicted molar refractivity (Wildman–Crippen MR) is 141 cm³/mol. The van der Waals surface area contributed by atoms with Crippen molar-refractivity contribution in [1.29, 1.82) is 0 Å². The zero-order valence-corrected chi connectivity index (χ0v) is 20.7. The van der Waals surface area contributed by atoms with Gasteiger partial charge in [0, 0.05) is 16.8 Å². The van der Waals surface area contributed by atoms with Crippen LogP contribution in [0.15, 0.2) is 83.1 Å². The molecule has 4 aromatic rings. The zero-order valence-electron chi connectivity index (χ0n) is 19.9. The Hall–Kier alpha value is -3.71. The molecule has 1 N–H and O–H groups in total. The van der Waals surface area contributed by atoms with Gasteiger partial charge in [0.25, 0.3) is 5.91 Å². The summed E-state index contributed by atoms with van der Waals surface area (Å²) in [4.78, 5) is 12.7. The molecule has 6 nitrogen and oxygen atoms in total. The van der Waals surface area contributed by atoms with Gasteiger partial charge in [0.15, 0.2) is 11.0 Å². The highest BCUT2D eigenvalue weighted by atomic mass is 32.2. The van der Waals surface area contributed by atoms with Crippen molar-refractivity contribution in [2.45, 2.75) is 38.3 Å². The van der Waals surface area contributed by atoms with Crippen LogP contribution in [0.25, 0.3) is 17.1 Å². The Kier molecular flexibility index (Phi) is 6.77. The van der Waals surface area contributed by atoms with Crippen LogP contribution in [0.2, 0.25) is 0 Å². The van der Waals surface area contributed by atoms with Gasteiger partial charge in [0.2, 0.25) is 0 Å². The van der Waals surface area contributed by atoms with E-state index in [0.29, 0.717) is 5.16 Å². The molecule has 0 fully saturated rings. The maximum absolute atomic E-state index is 12.7. The van der Waals surface area contributed by atoms with Crippen LogP contribution < -0.4 is 5.43 Å². The Morgan fingerprint density at radius 1 is 1.00 bits per heavy atom. The average Bonchev–Trinajstić information content (AvgIpc) is 3.31. The van der Waals surface area contributed by atoms with Gasteiger partial charge < -0.3 is 0 Å². The van der Waals surface area contributed by atoms with Gasteiger partial charge >= 0.3 is 0 Å². The lowest BCUT2D eigenvalue weighted by atomic mass is 9.86. The minimum absolute atomic E-state index is 0.164. The van der Waals surface area contributed by atoms with Crippen LogP contribution >= 0.6 is 11.8 Å². The van der Waals surface area contributed by atoms with Crippen LogP contribution in [0, 0.1) is 13.8 Å². The van der Waals surface area contributed by atoms with Crippen molar-refractivity contribution in [1.82, 2.24) is 20.2 Å². The molecule has 0 spiro atoms. The number of benzene rings is 3. The molecular weight excluding hydrogens is 454 g/mol. The van der Waals surface area contributed by atoms with Crippen molar-refractivity contribution in [3.63, 3.8) is 0 Å². The normalized spacial score (nSPS) is 14.1. The SMILES string of the molecule is Cc1cc(C)c2c(c1)C(=NNC(=O)CSc1nnc(-c3ccccc3)n1-c1ccccc1)CCC2. The van der Waals surface area contributed by atoms with E-state index in [0.717, 1.165) is 47.6 Å². The first-order chi connectivity index (χ1) is 17.1. The molecule has 35 heavy (non-hydrogen) atoms. The first kappa shape index (κ1) is 23.1. The van der Waals surface area contributed by atoms with Gasteiger partial charge in [-0.2, -0.15) is 5.10 Å². The standard InChI is InChI=1S/C28H27N5OS/c1-19-16-20(2)23-14-9-15-25(24(23)17-19)29-30-26(34)18-35-28-32-31-27(21-10-5-3-6-11-21)33(28)22-12-7-4-8-13-22/h3-8,10-13,16-17H,9,14-15,18H2,1-2H3,(H,30,34). The molecule has 1 aliphatic rings. The lowest BCUT2D eigenvalue weighted by Crippen LogP contribution is -2.24. The third-order valence-electron chi connectivity index (χ3n) is 6.10. The van der Waals surface area contributed by atoms with Gasteiger partial charge in [-0.1, -0.05) is 71.9 Å². The van der Waals surface area contributed by atoms with Crippen molar-refractivity contribution in [3.8, 4) is 17.1 Å². The fourth-order valence-corrected chi connectivity index (χ4v) is 5.25. The second-order valence-electron chi connectivity index (χ2n) is 8.69. The number of fused-ring (bicyclic) bond motifs is 1. The topological polar surface area (TPSA) is 72.2 Å². The molecule has 0 unspecified atom stereocenters. The Balaban J connectivity index is 1.34. The quantitative estimate of drug-likeness (QED) is 0.292. The zero-order chi connectivity index (χ0) is 24.2. The van der Waals surface area contributed by atoms with E-state index in [4.69, 9.17) is 0 Å². The Morgan fingerprint density at radius 3 is 2.51 bits per heavy atom. The lowest BCUT2D eigenvalue weighted by Gasteiger charge is -2.20. The molecule has 0 saturated carbocycles. The highest BCUT2D eigenvalue weighted by Gasteiger charge is 2.19. The Morgan fingerprint density at radius 2 is 1.74 bits per heavy atom. The molecule has 176 valence electrons. The number of carbonyl (C=O) groups is 1. The van der Waals surface area contributed by atoms with Gasteiger partial charge in [0.1, 0.15) is 0 Å². The largest absolute Gasteiger partial charge is 0.272 e. The fraction of sp³-hybridized carbons (Fsp3) is 0.214. The van der Waals surface area contributed by atoms with Gasteiger partial charge in [-0.3, -0.25) is 9.36 Å². The van der Waals surface area contributed by atoms with E-state index in [9.17, 15) is 4.79 Å². The molecule has 1 amide bonds. The number of amides is 1. The summed E-state index contributed by atoms with van der Waals surface area (Å²) >= 11 is 1.35. The van der Waals surface area contributed by atoms with E-state index in [-0.39, 0.29) is 11.7 Å². The summed E-state index contributed by atoms with van der Waals surface area (Å²) in [5.41, 5.74) is 10.7. The molecular formula is C28H27N5OS. The molecule has 0 radical (unpaired) electrons. The monoisotopic (exact) mass is 481 g/mol. The van der Waals surface area contributed by atoms with E-state index < -0.39 is 0 Å². The van der Waals surface area contributed by atoms with Crippen LogP contribution in [0.1, 0.15) is 35.1 Å². The number of hydrogen-bond donors (Lipinski definition) is 1. The summed E-state index contributed by atoms with van der Waals surface area (Å²) in [5, 5.41) is 14.0. The number of thioether (sulfide) groups is 1. The summed E-state index contributed by atoms with van der Waals surface area (Å²) in [6, 6.07) is 24.3. The fourth-order valence-electron chi connectivity index (χ4n) is 4.51. The summed E-state index contributed by atoms with van der Waals surface area (Å²) in [7, 11) is 0. The Bertz CT molecular complexity index is 1380. The molecule has 7 heteroatoms. The first-order valence-electron chi connectivity index (χ1n) is 11.7. The van der Waals surface area contributed by atoms with Crippen LogP contribution in [-0.2, 0) is 11.2 Å². The lowest BCUT2D eigenvalue weighted by molar-refractivity contribution is -0.118. The highest BCUT2D eigenvalue weighted by Crippen LogP contribution is 2.28. The van der Waals surface area contributed by atoms with Crippen molar-refractivity contribution in [2.75, 3.05) is 5.75 Å². The van der Waals surface area contributed by atoms with Crippen LogP contribution in [0.5, 0.6) is 0 Å². The summed E-state index contributed by atoms with van der Waals surface area (Å²) < 4.78 is 1.99. The van der Waals surface area contributed by atoms with Crippen molar-refractivity contribution >= 4 is 23.4 Å². The number of rotatable bonds is 6. The maximum Gasteiger partial charge on any atom is 0.250 e. The van der Waals surface area contributed by atoms with Gasteiger partial charge in [-0.25, -0.2) is 5.43 Å². The number of carbonyl (C=O) groups excluding carboxylic acids is 1. The maximum atomic E-state index is 12.7. The molecule has 1 heterocycles. The smallest absolute Gasteiger partial charge is 0.250 e. The van der Waals surface area contributed by atoms with Gasteiger partial charge in [-0.15, -0.1) is 10.2 Å². The number of hydrazone groups is 1. The molecule has 1 aromatic heterocycles. The number of para-hydroxylation sites is 1. The molecule has 3 aromatic carbocycles. The second kappa shape index (κ2) is 10.3. The number of nitrogens with zero attached hydrogens (tertiary/aromatic N) is 4. The minimum atomic E-state index is -0.164. The third-order valence-corrected chi connectivity index (χ3v) is 7.03. The number of hydrogen-bond acceptors (Lipinski definition) is 5. The minimum Gasteiger partial charge on any atom is -0.272 e. The molecule has 1 aliphatic carbocycles. The van der Waals surface area contributed by atoms with Crippen molar-refractivity contribution in [2.24, 2.45) is 5.10 Å². The van der Waals surface area contributed by atoms with E-state index in [2.05, 4.69) is 46.7 Å². The molecule has 5 rings (SSSR count). The number of aryl methyl sites for hydroxylation is 2. The summed E-state index contributed by atoms with van der Waals surface area (Å²) in [6.45, 7) is 4.25. The van der Waals surface area contributed by atoms with Crippen LogP contribution in [0.4, 0.5) is 0 Å². The van der Waals surface area contributed by atoms with E-state index in [1.165, 1.54) is 28.5 Å². The van der Waals surface area contributed by atoms with E-state index in [1.54, 1.807) is 0 Å². The van der Waals surface area contributed by atoms with E-state index in [1.807, 2.05) is 65.2 Å². The molecule has 0 atom stereocenters. The second-order valence-corrected chi connectivity index (χ2v) is 9.63.